The van der Waals surface area contributed by atoms with E-state index in [0.717, 1.165) is 11.8 Å². The quantitative estimate of drug-likeness (QED) is 0.484. The van der Waals surface area contributed by atoms with Crippen LogP contribution in [-0.4, -0.2) is 55.8 Å². The number of rotatable bonds is 5. The first-order valence-corrected chi connectivity index (χ1v) is 12.3. The summed E-state index contributed by atoms with van der Waals surface area (Å²) in [5, 5.41) is 0.927. The molecule has 162 valence electrons. The molecule has 1 aromatic rings. The van der Waals surface area contributed by atoms with Crippen LogP contribution in [0.3, 0.4) is 0 Å². The predicted octanol–water partition coefficient (Wildman–Crippen LogP) is 3.26. The highest BCUT2D eigenvalue weighted by Gasteiger charge is 2.56. The number of ether oxygens (including phenoxy) is 1. The zero-order chi connectivity index (χ0) is 22.2. The van der Waals surface area contributed by atoms with E-state index >= 15 is 0 Å². The Morgan fingerprint density at radius 3 is 2.53 bits per heavy atom. The Morgan fingerprint density at radius 1 is 1.30 bits per heavy atom. The van der Waals surface area contributed by atoms with E-state index in [2.05, 4.69) is 0 Å². The zero-order valence-electron chi connectivity index (χ0n) is 17.4. The van der Waals surface area contributed by atoms with Crippen LogP contribution in [-0.2, 0) is 23.9 Å². The van der Waals surface area contributed by atoms with Crippen LogP contribution in [0, 0.1) is 0 Å². The number of hydrogen-bond donors (Lipinski definition) is 0. The molecule has 3 rings (SSSR count). The number of hydrogen-bond acceptors (Lipinski definition) is 8. The van der Waals surface area contributed by atoms with Crippen LogP contribution in [0.1, 0.15) is 34.6 Å². The van der Waals surface area contributed by atoms with Crippen molar-refractivity contribution in [1.82, 2.24) is 4.90 Å². The number of carbonyl (C=O) groups excluding carboxylic acids is 4. The third-order valence-electron chi connectivity index (χ3n) is 4.38. The molecule has 0 spiro atoms. The number of amides is 2. The van der Waals surface area contributed by atoms with Crippen molar-refractivity contribution in [3.63, 3.8) is 0 Å². The number of nitrogens with zero attached hydrogens (tertiary/aromatic N) is 2. The molecular weight excluding hydrogens is 444 g/mol. The van der Waals surface area contributed by atoms with Crippen LogP contribution in [0.2, 0.25) is 0 Å². The fraction of sp³-hybridized carbons (Fsp3) is 0.500. The molecule has 0 aliphatic carbocycles. The first kappa shape index (κ1) is 22.9. The fourth-order valence-electron chi connectivity index (χ4n) is 3.22. The number of esters is 1. The summed E-state index contributed by atoms with van der Waals surface area (Å²) in [5.74, 6) is -0.492. The monoisotopic (exact) mass is 468 g/mol. The van der Waals surface area contributed by atoms with E-state index < -0.39 is 28.2 Å². The lowest BCUT2D eigenvalue weighted by Crippen LogP contribution is -2.70. The van der Waals surface area contributed by atoms with Crippen molar-refractivity contribution >= 4 is 62.8 Å². The summed E-state index contributed by atoms with van der Waals surface area (Å²) < 4.78 is 5.54. The second-order valence-corrected chi connectivity index (χ2v) is 11.2. The van der Waals surface area contributed by atoms with Crippen LogP contribution in [0.15, 0.2) is 29.3 Å². The number of thiophene rings is 1. The molecule has 0 radical (unpaired) electrons. The van der Waals surface area contributed by atoms with E-state index in [0.29, 0.717) is 10.8 Å². The van der Waals surface area contributed by atoms with Gasteiger partial charge in [0.1, 0.15) is 22.3 Å². The fourth-order valence-corrected chi connectivity index (χ4v) is 6.14. The van der Waals surface area contributed by atoms with Crippen LogP contribution < -0.4 is 4.90 Å². The summed E-state index contributed by atoms with van der Waals surface area (Å²) in [4.78, 5) is 53.7. The van der Waals surface area contributed by atoms with Gasteiger partial charge < -0.3 is 9.64 Å². The third-order valence-corrected chi connectivity index (χ3v) is 7.52. The Morgan fingerprint density at radius 2 is 2.00 bits per heavy atom. The molecule has 1 saturated heterocycles. The lowest BCUT2D eigenvalue weighted by Gasteiger charge is -2.51. The Labute approximate surface area is 188 Å². The van der Waals surface area contributed by atoms with E-state index in [1.807, 2.05) is 18.4 Å². The molecule has 10 heteroatoms. The van der Waals surface area contributed by atoms with Gasteiger partial charge in [0, 0.05) is 18.7 Å². The summed E-state index contributed by atoms with van der Waals surface area (Å²) in [6.07, 6.45) is 1.46. The van der Waals surface area contributed by atoms with Crippen LogP contribution >= 0.6 is 34.9 Å². The minimum Gasteiger partial charge on any atom is -0.459 e. The Balaban J connectivity index is 1.94. The maximum atomic E-state index is 12.9. The topological polar surface area (TPSA) is 84.0 Å². The summed E-state index contributed by atoms with van der Waals surface area (Å²) in [5.41, 5.74) is -0.465. The molecule has 3 heterocycles. The van der Waals surface area contributed by atoms with Crippen molar-refractivity contribution < 1.29 is 23.9 Å². The number of thioether (sulfide) groups is 2. The van der Waals surface area contributed by atoms with Gasteiger partial charge in [-0.2, -0.15) is 0 Å². The van der Waals surface area contributed by atoms with Gasteiger partial charge in [0.15, 0.2) is 0 Å². The lowest BCUT2D eigenvalue weighted by molar-refractivity contribution is -0.154. The largest absolute Gasteiger partial charge is 0.459 e. The normalized spacial score (nSPS) is 23.2. The molecule has 3 atom stereocenters. The molecular formula is C20H24N2O5S3. The SMILES string of the molecule is CCSC(=O)C1=CN2C(=O)C(N(C(C)=O)c3cccs3)[C@H]2SC1C(=O)OC(C)(C)C. The molecule has 1 aromatic heterocycles. The standard InChI is InChI=1S/C20H24N2O5S3/c1-6-28-19(26)12-10-21-16(24)14(22(11(2)23)13-8-7-9-29-13)17(21)30-15(12)18(25)27-20(3,4)5/h7-10,14-15,17H,6H2,1-5H3/t14?,15?,17-/m1/s1. The van der Waals surface area contributed by atoms with E-state index in [9.17, 15) is 19.2 Å². The third kappa shape index (κ3) is 4.45. The minimum absolute atomic E-state index is 0.245. The van der Waals surface area contributed by atoms with Gasteiger partial charge in [0.05, 0.1) is 5.00 Å². The molecule has 30 heavy (non-hydrogen) atoms. The molecule has 0 saturated carbocycles. The van der Waals surface area contributed by atoms with E-state index in [1.54, 1.807) is 26.8 Å². The maximum Gasteiger partial charge on any atom is 0.324 e. The molecule has 0 bridgehead atoms. The Kier molecular flexibility index (Phi) is 6.69. The molecule has 2 amide bonds. The van der Waals surface area contributed by atoms with E-state index in [-0.39, 0.29) is 22.5 Å². The molecule has 2 aliphatic rings. The van der Waals surface area contributed by atoms with Gasteiger partial charge in [-0.15, -0.1) is 23.1 Å². The summed E-state index contributed by atoms with van der Waals surface area (Å²) in [7, 11) is 0. The Bertz CT molecular complexity index is 891. The minimum atomic E-state index is -0.857. The molecule has 0 N–H and O–H groups in total. The summed E-state index contributed by atoms with van der Waals surface area (Å²) in [6.45, 7) is 8.56. The average Bonchev–Trinajstić information content (AvgIpc) is 3.17. The van der Waals surface area contributed by atoms with E-state index in [4.69, 9.17) is 4.74 Å². The average molecular weight is 469 g/mol. The lowest BCUT2D eigenvalue weighted by atomic mass is 10.0. The van der Waals surface area contributed by atoms with Crippen molar-refractivity contribution in [2.45, 2.75) is 56.9 Å². The molecule has 0 aromatic carbocycles. The van der Waals surface area contributed by atoms with Gasteiger partial charge in [0.25, 0.3) is 5.91 Å². The maximum absolute atomic E-state index is 12.9. The highest BCUT2D eigenvalue weighted by atomic mass is 32.2. The van der Waals surface area contributed by atoms with Crippen LogP contribution in [0.25, 0.3) is 0 Å². The van der Waals surface area contributed by atoms with Crippen LogP contribution in [0.4, 0.5) is 5.00 Å². The number of fused-ring (bicyclic) bond motifs is 1. The second-order valence-electron chi connectivity index (χ2n) is 7.78. The highest BCUT2D eigenvalue weighted by molar-refractivity contribution is 8.14. The van der Waals surface area contributed by atoms with Gasteiger partial charge in [-0.3, -0.25) is 24.1 Å². The van der Waals surface area contributed by atoms with Crippen molar-refractivity contribution in [3.8, 4) is 0 Å². The first-order chi connectivity index (χ1) is 14.0. The van der Waals surface area contributed by atoms with Gasteiger partial charge >= 0.3 is 5.97 Å². The predicted molar refractivity (Wildman–Crippen MR) is 120 cm³/mol. The molecule has 7 nitrogen and oxygen atoms in total. The van der Waals surface area contributed by atoms with Gasteiger partial charge in [0.2, 0.25) is 11.0 Å². The molecule has 2 unspecified atom stereocenters. The van der Waals surface area contributed by atoms with Crippen LogP contribution in [0.5, 0.6) is 0 Å². The van der Waals surface area contributed by atoms with Gasteiger partial charge in [-0.1, -0.05) is 18.7 Å². The Hall–Kier alpha value is -1.78. The summed E-state index contributed by atoms with van der Waals surface area (Å²) >= 11 is 3.64. The van der Waals surface area contributed by atoms with Crippen molar-refractivity contribution in [3.05, 3.63) is 29.3 Å². The zero-order valence-corrected chi connectivity index (χ0v) is 19.9. The van der Waals surface area contributed by atoms with Gasteiger partial charge in [-0.05, 0) is 44.0 Å². The van der Waals surface area contributed by atoms with Gasteiger partial charge in [-0.25, -0.2) is 0 Å². The number of β-lactam (4-membered cyclic amide) rings is 1. The number of anilines is 1. The second kappa shape index (κ2) is 8.76. The first-order valence-electron chi connectivity index (χ1n) is 9.47. The highest BCUT2D eigenvalue weighted by Crippen LogP contribution is 2.45. The molecule has 1 fully saturated rings. The van der Waals surface area contributed by atoms with Crippen molar-refractivity contribution in [2.24, 2.45) is 0 Å². The van der Waals surface area contributed by atoms with Crippen molar-refractivity contribution in [1.29, 1.82) is 0 Å². The van der Waals surface area contributed by atoms with Crippen molar-refractivity contribution in [2.75, 3.05) is 10.7 Å². The number of carbonyl (C=O) groups is 4. The van der Waals surface area contributed by atoms with E-state index in [1.165, 1.54) is 46.0 Å². The summed E-state index contributed by atoms with van der Waals surface area (Å²) in [6, 6.07) is 2.86. The smallest absolute Gasteiger partial charge is 0.324 e. The molecule has 2 aliphatic heterocycles.